The lowest BCUT2D eigenvalue weighted by Gasteiger charge is -2.49. The molecule has 1 atom stereocenters. The molecule has 0 aliphatic carbocycles. The Morgan fingerprint density at radius 3 is 2.76 bits per heavy atom. The predicted molar refractivity (Wildman–Crippen MR) is 99.7 cm³/mol. The van der Waals surface area contributed by atoms with E-state index in [0.717, 1.165) is 6.07 Å². The van der Waals surface area contributed by atoms with Gasteiger partial charge >= 0.3 is 5.69 Å². The summed E-state index contributed by atoms with van der Waals surface area (Å²) in [7, 11) is 1.53. The summed E-state index contributed by atoms with van der Waals surface area (Å²) in [6.45, 7) is 1.00. The molecular formula is C19H25F2N3O5. The first-order chi connectivity index (χ1) is 13.7. The fraction of sp³-hybridized carbons (Fsp3) is 0.632. The zero-order valence-corrected chi connectivity index (χ0v) is 16.3. The lowest BCUT2D eigenvalue weighted by Crippen LogP contribution is -2.61. The van der Waals surface area contributed by atoms with Crippen LogP contribution in [-0.4, -0.2) is 71.6 Å². The number of amides is 1. The summed E-state index contributed by atoms with van der Waals surface area (Å²) in [5, 5.41) is 20.7. The molecule has 1 spiro atoms. The SMILES string of the molecule is COCCN1CCC[C@@]2(CN(Cc3ccc([N+](=O)[O-])c(O)c3)CC(F)(F)C2)C1=O. The Bertz CT molecular complexity index is 791. The van der Waals surface area contributed by atoms with Gasteiger partial charge < -0.3 is 14.7 Å². The zero-order valence-electron chi connectivity index (χ0n) is 16.3. The van der Waals surface area contributed by atoms with Crippen molar-refractivity contribution in [3.63, 3.8) is 0 Å². The second-order valence-corrected chi connectivity index (χ2v) is 7.93. The maximum Gasteiger partial charge on any atom is 0.310 e. The summed E-state index contributed by atoms with van der Waals surface area (Å²) < 4.78 is 34.2. The van der Waals surface area contributed by atoms with Crippen LogP contribution in [-0.2, 0) is 16.1 Å². The van der Waals surface area contributed by atoms with Gasteiger partial charge in [-0.1, -0.05) is 6.07 Å². The minimum atomic E-state index is -3.03. The second-order valence-electron chi connectivity index (χ2n) is 7.93. The molecule has 2 heterocycles. The number of likely N-dealkylation sites (tertiary alicyclic amines) is 2. The van der Waals surface area contributed by atoms with Gasteiger partial charge in [-0.05, 0) is 24.5 Å². The van der Waals surface area contributed by atoms with Gasteiger partial charge in [-0.25, -0.2) is 8.78 Å². The number of hydrogen-bond donors (Lipinski definition) is 1. The fourth-order valence-electron chi connectivity index (χ4n) is 4.49. The van der Waals surface area contributed by atoms with E-state index in [1.54, 1.807) is 4.90 Å². The van der Waals surface area contributed by atoms with E-state index in [4.69, 9.17) is 4.74 Å². The van der Waals surface area contributed by atoms with E-state index < -0.39 is 40.7 Å². The highest BCUT2D eigenvalue weighted by Crippen LogP contribution is 2.45. The summed E-state index contributed by atoms with van der Waals surface area (Å²) in [5.74, 6) is -3.80. The van der Waals surface area contributed by atoms with Crippen molar-refractivity contribution in [2.45, 2.75) is 31.7 Å². The van der Waals surface area contributed by atoms with Crippen LogP contribution in [0.3, 0.4) is 0 Å². The summed E-state index contributed by atoms with van der Waals surface area (Å²) in [4.78, 5) is 26.3. The van der Waals surface area contributed by atoms with E-state index in [2.05, 4.69) is 0 Å². The molecule has 0 unspecified atom stereocenters. The van der Waals surface area contributed by atoms with Gasteiger partial charge in [0.25, 0.3) is 5.92 Å². The van der Waals surface area contributed by atoms with Crippen molar-refractivity contribution in [1.82, 2.24) is 9.80 Å². The first kappa shape index (κ1) is 21.4. The molecule has 10 heteroatoms. The summed E-state index contributed by atoms with van der Waals surface area (Å²) in [6.07, 6.45) is 0.564. The Balaban J connectivity index is 1.80. The van der Waals surface area contributed by atoms with Gasteiger partial charge in [0.05, 0.1) is 23.5 Å². The zero-order chi connectivity index (χ0) is 21.2. The van der Waals surface area contributed by atoms with Crippen molar-refractivity contribution in [3.05, 3.63) is 33.9 Å². The Kier molecular flexibility index (Phi) is 6.04. The van der Waals surface area contributed by atoms with Crippen molar-refractivity contribution in [2.75, 3.05) is 39.9 Å². The normalized spacial score (nSPS) is 24.8. The highest BCUT2D eigenvalue weighted by molar-refractivity contribution is 5.84. The van der Waals surface area contributed by atoms with Gasteiger partial charge in [-0.2, -0.15) is 0 Å². The number of phenolic OH excluding ortho intramolecular Hbond substituents is 1. The van der Waals surface area contributed by atoms with Crippen LogP contribution in [0.4, 0.5) is 14.5 Å². The van der Waals surface area contributed by atoms with Crippen LogP contribution in [0.2, 0.25) is 0 Å². The standard InChI is InChI=1S/C19H25F2N3O5/c1-29-8-7-23-6-2-5-18(17(23)26)11-19(20,21)13-22(12-18)10-14-3-4-15(24(27)28)16(25)9-14/h3-4,9,25H,2,5-8,10-13H2,1H3/t18-/m1/s1. The van der Waals surface area contributed by atoms with Gasteiger partial charge in [0.1, 0.15) is 0 Å². The van der Waals surface area contributed by atoms with E-state index in [9.17, 15) is 28.8 Å². The van der Waals surface area contributed by atoms with E-state index >= 15 is 0 Å². The third-order valence-electron chi connectivity index (χ3n) is 5.61. The number of rotatable bonds is 6. The number of alkyl halides is 2. The number of carbonyl (C=O) groups is 1. The summed E-state index contributed by atoms with van der Waals surface area (Å²) in [6, 6.07) is 3.80. The molecule has 3 rings (SSSR count). The molecule has 1 amide bonds. The lowest BCUT2D eigenvalue weighted by molar-refractivity contribution is -0.385. The smallest absolute Gasteiger partial charge is 0.310 e. The number of piperidine rings is 2. The number of nitro groups is 1. The molecule has 1 N–H and O–H groups in total. The van der Waals surface area contributed by atoms with E-state index in [-0.39, 0.29) is 19.0 Å². The number of hydrogen-bond acceptors (Lipinski definition) is 6. The van der Waals surface area contributed by atoms with Gasteiger partial charge in [-0.3, -0.25) is 19.8 Å². The average Bonchev–Trinajstić information content (AvgIpc) is 2.61. The van der Waals surface area contributed by atoms with Crippen LogP contribution in [0, 0.1) is 15.5 Å². The quantitative estimate of drug-likeness (QED) is 0.568. The minimum Gasteiger partial charge on any atom is -0.502 e. The van der Waals surface area contributed by atoms with E-state index in [1.807, 2.05) is 0 Å². The molecule has 2 fully saturated rings. The monoisotopic (exact) mass is 413 g/mol. The Hall–Kier alpha value is -2.33. The molecule has 1 aromatic rings. The van der Waals surface area contributed by atoms with Crippen LogP contribution in [0.25, 0.3) is 0 Å². The van der Waals surface area contributed by atoms with Crippen LogP contribution in [0.15, 0.2) is 18.2 Å². The molecule has 2 saturated heterocycles. The third-order valence-corrected chi connectivity index (χ3v) is 5.61. The van der Waals surface area contributed by atoms with Crippen LogP contribution >= 0.6 is 0 Å². The predicted octanol–water partition coefficient (Wildman–Crippen LogP) is 2.40. The number of halogens is 2. The maximum atomic E-state index is 14.6. The molecular weight excluding hydrogens is 388 g/mol. The summed E-state index contributed by atoms with van der Waals surface area (Å²) in [5.41, 5.74) is -1.12. The molecule has 2 aliphatic heterocycles. The van der Waals surface area contributed by atoms with Gasteiger partial charge in [0.15, 0.2) is 5.75 Å². The number of carbonyl (C=O) groups excluding carboxylic acids is 1. The fourth-order valence-corrected chi connectivity index (χ4v) is 4.49. The van der Waals surface area contributed by atoms with Crippen LogP contribution in [0.5, 0.6) is 5.75 Å². The maximum absolute atomic E-state index is 14.6. The molecule has 0 bridgehead atoms. The Morgan fingerprint density at radius 1 is 1.34 bits per heavy atom. The Labute approximate surface area is 167 Å². The van der Waals surface area contributed by atoms with Gasteiger partial charge in [0.2, 0.25) is 5.91 Å². The lowest BCUT2D eigenvalue weighted by atomic mass is 9.71. The minimum absolute atomic E-state index is 0.0637. The number of methoxy groups -OCH3 is 1. The molecule has 160 valence electrons. The molecule has 0 radical (unpaired) electrons. The highest BCUT2D eigenvalue weighted by Gasteiger charge is 2.55. The van der Waals surface area contributed by atoms with E-state index in [0.29, 0.717) is 38.1 Å². The number of benzene rings is 1. The van der Waals surface area contributed by atoms with E-state index in [1.165, 1.54) is 24.1 Å². The highest BCUT2D eigenvalue weighted by atomic mass is 19.3. The van der Waals surface area contributed by atoms with Crippen molar-refractivity contribution in [2.24, 2.45) is 5.41 Å². The van der Waals surface area contributed by atoms with Gasteiger partial charge in [-0.15, -0.1) is 0 Å². The summed E-state index contributed by atoms with van der Waals surface area (Å²) >= 11 is 0. The van der Waals surface area contributed by atoms with Crippen LogP contribution in [0.1, 0.15) is 24.8 Å². The number of phenols is 1. The van der Waals surface area contributed by atoms with Crippen molar-refractivity contribution >= 4 is 11.6 Å². The number of nitrogens with zero attached hydrogens (tertiary/aromatic N) is 3. The van der Waals surface area contributed by atoms with Crippen LogP contribution < -0.4 is 0 Å². The molecule has 0 aromatic heterocycles. The third kappa shape index (κ3) is 4.64. The average molecular weight is 413 g/mol. The Morgan fingerprint density at radius 2 is 2.10 bits per heavy atom. The number of aromatic hydroxyl groups is 1. The largest absolute Gasteiger partial charge is 0.502 e. The molecule has 8 nitrogen and oxygen atoms in total. The first-order valence-corrected chi connectivity index (χ1v) is 9.51. The second kappa shape index (κ2) is 8.19. The molecule has 2 aliphatic rings. The van der Waals surface area contributed by atoms with Crippen molar-refractivity contribution < 1.29 is 28.3 Å². The van der Waals surface area contributed by atoms with Gasteiger partial charge in [0, 0.05) is 45.8 Å². The molecule has 29 heavy (non-hydrogen) atoms. The first-order valence-electron chi connectivity index (χ1n) is 9.51. The van der Waals surface area contributed by atoms with Crippen molar-refractivity contribution in [3.8, 4) is 5.75 Å². The molecule has 0 saturated carbocycles. The topological polar surface area (TPSA) is 96.2 Å². The molecule has 1 aromatic carbocycles. The number of nitro benzene ring substituents is 1. The van der Waals surface area contributed by atoms with Crippen molar-refractivity contribution in [1.29, 1.82) is 0 Å². The number of ether oxygens (including phenoxy) is 1.